The van der Waals surface area contributed by atoms with Gasteiger partial charge in [-0.1, -0.05) is 12.1 Å². The number of methoxy groups -OCH3 is 1. The third kappa shape index (κ3) is 6.94. The van der Waals surface area contributed by atoms with Crippen molar-refractivity contribution in [3.05, 3.63) is 23.8 Å². The van der Waals surface area contributed by atoms with E-state index in [0.717, 1.165) is 6.42 Å². The van der Waals surface area contributed by atoms with E-state index in [1.807, 2.05) is 13.8 Å². The van der Waals surface area contributed by atoms with E-state index in [1.165, 1.54) is 31.5 Å². The average molecular weight is 330 g/mol. The van der Waals surface area contributed by atoms with Crippen LogP contribution < -0.4 is 14.8 Å². The number of carbonyl (C=O) groups excluding carboxylic acids is 1. The van der Waals surface area contributed by atoms with Crippen LogP contribution in [-0.4, -0.2) is 38.5 Å². The minimum Gasteiger partial charge on any atom is -0.493 e. The van der Waals surface area contributed by atoms with Crippen LogP contribution in [0.3, 0.4) is 0 Å². The Hall–Kier alpha value is -2.38. The number of rotatable bonds is 9. The molecular formula is C15H20F2N2O4. The number of hydrogen-bond acceptors (Lipinski definition) is 5. The van der Waals surface area contributed by atoms with Gasteiger partial charge in [-0.3, -0.25) is 4.79 Å². The van der Waals surface area contributed by atoms with Gasteiger partial charge in [-0.05, 0) is 31.5 Å². The van der Waals surface area contributed by atoms with Crippen molar-refractivity contribution in [2.75, 3.05) is 13.7 Å². The standard InChI is InChI=1S/C15H20F2N2O4/c1-4-10(2)19-14(20)9-22-18-8-11-5-6-12(23-15(16)17)13(7-11)21-3/h5-8,10,15H,4,9H2,1-3H3,(H,19,20)/b18-8-/t10-/m0/s1. The predicted molar refractivity (Wildman–Crippen MR) is 81.1 cm³/mol. The van der Waals surface area contributed by atoms with Crippen LogP contribution in [0.15, 0.2) is 23.4 Å². The lowest BCUT2D eigenvalue weighted by molar-refractivity contribution is -0.126. The molecule has 0 aliphatic heterocycles. The summed E-state index contributed by atoms with van der Waals surface area (Å²) >= 11 is 0. The van der Waals surface area contributed by atoms with Gasteiger partial charge in [0.05, 0.1) is 13.3 Å². The number of oxime groups is 1. The molecule has 1 rings (SSSR count). The zero-order valence-electron chi connectivity index (χ0n) is 13.2. The van der Waals surface area contributed by atoms with Crippen LogP contribution >= 0.6 is 0 Å². The Morgan fingerprint density at radius 2 is 2.13 bits per heavy atom. The molecule has 0 bridgehead atoms. The smallest absolute Gasteiger partial charge is 0.387 e. The van der Waals surface area contributed by atoms with Gasteiger partial charge in [0.15, 0.2) is 18.1 Å². The van der Waals surface area contributed by atoms with E-state index < -0.39 is 6.61 Å². The molecule has 1 amide bonds. The second-order valence-corrected chi connectivity index (χ2v) is 4.67. The Morgan fingerprint density at radius 1 is 1.39 bits per heavy atom. The molecule has 8 heteroatoms. The number of hydrogen-bond donors (Lipinski definition) is 1. The number of nitrogens with one attached hydrogen (secondary N) is 1. The van der Waals surface area contributed by atoms with Gasteiger partial charge in [0.25, 0.3) is 5.91 Å². The van der Waals surface area contributed by atoms with E-state index >= 15 is 0 Å². The first-order valence-electron chi connectivity index (χ1n) is 7.03. The number of ether oxygens (including phenoxy) is 2. The molecule has 128 valence electrons. The fourth-order valence-electron chi connectivity index (χ4n) is 1.57. The van der Waals surface area contributed by atoms with Gasteiger partial charge < -0.3 is 19.6 Å². The molecule has 0 aromatic heterocycles. The van der Waals surface area contributed by atoms with Gasteiger partial charge in [-0.2, -0.15) is 8.78 Å². The van der Waals surface area contributed by atoms with Gasteiger partial charge in [0.2, 0.25) is 0 Å². The van der Waals surface area contributed by atoms with Gasteiger partial charge in [-0.15, -0.1) is 0 Å². The Balaban J connectivity index is 2.55. The number of alkyl halides is 2. The summed E-state index contributed by atoms with van der Waals surface area (Å²) in [5.41, 5.74) is 0.547. The second kappa shape index (κ2) is 9.60. The van der Waals surface area contributed by atoms with Crippen molar-refractivity contribution in [1.82, 2.24) is 5.32 Å². The minimum atomic E-state index is -2.93. The van der Waals surface area contributed by atoms with Crippen molar-refractivity contribution in [3.8, 4) is 11.5 Å². The van der Waals surface area contributed by atoms with Crippen LogP contribution in [0.2, 0.25) is 0 Å². The molecule has 1 aromatic rings. The van der Waals surface area contributed by atoms with Crippen LogP contribution in [-0.2, 0) is 9.63 Å². The van der Waals surface area contributed by atoms with E-state index in [9.17, 15) is 13.6 Å². The second-order valence-electron chi connectivity index (χ2n) is 4.67. The van der Waals surface area contributed by atoms with Crippen molar-refractivity contribution in [1.29, 1.82) is 0 Å². The zero-order valence-corrected chi connectivity index (χ0v) is 13.2. The van der Waals surface area contributed by atoms with Crippen LogP contribution in [0.25, 0.3) is 0 Å². The fourth-order valence-corrected chi connectivity index (χ4v) is 1.57. The summed E-state index contributed by atoms with van der Waals surface area (Å²) in [6, 6.07) is 4.37. The zero-order chi connectivity index (χ0) is 17.2. The number of carbonyl (C=O) groups is 1. The topological polar surface area (TPSA) is 69.2 Å². The maximum Gasteiger partial charge on any atom is 0.387 e. The van der Waals surface area contributed by atoms with Crippen LogP contribution in [0, 0.1) is 0 Å². The van der Waals surface area contributed by atoms with Crippen molar-refractivity contribution in [2.24, 2.45) is 5.16 Å². The normalized spacial score (nSPS) is 12.3. The van der Waals surface area contributed by atoms with Crippen LogP contribution in [0.5, 0.6) is 11.5 Å². The maximum absolute atomic E-state index is 12.2. The summed E-state index contributed by atoms with van der Waals surface area (Å²) < 4.78 is 33.7. The molecule has 1 aromatic carbocycles. The molecule has 0 heterocycles. The molecule has 0 radical (unpaired) electrons. The van der Waals surface area contributed by atoms with Crippen LogP contribution in [0.1, 0.15) is 25.8 Å². The largest absolute Gasteiger partial charge is 0.493 e. The highest BCUT2D eigenvalue weighted by Crippen LogP contribution is 2.28. The highest BCUT2D eigenvalue weighted by Gasteiger charge is 2.10. The summed E-state index contributed by atoms with van der Waals surface area (Å²) in [6.45, 7) is 0.704. The molecule has 0 unspecified atom stereocenters. The molecule has 1 atom stereocenters. The Morgan fingerprint density at radius 3 is 2.74 bits per heavy atom. The first kappa shape index (κ1) is 18.7. The molecule has 23 heavy (non-hydrogen) atoms. The lowest BCUT2D eigenvalue weighted by atomic mass is 10.2. The quantitative estimate of drug-likeness (QED) is 0.558. The predicted octanol–water partition coefficient (Wildman–Crippen LogP) is 2.56. The number of halogens is 2. The Bertz CT molecular complexity index is 538. The third-order valence-electron chi connectivity index (χ3n) is 2.90. The summed E-state index contributed by atoms with van der Waals surface area (Å²) in [4.78, 5) is 16.3. The molecular weight excluding hydrogens is 310 g/mol. The molecule has 0 aliphatic carbocycles. The fraction of sp³-hybridized carbons (Fsp3) is 0.467. The SMILES string of the molecule is CC[C@H](C)NC(=O)CO/N=C\c1ccc(OC(F)F)c(OC)c1. The van der Waals surface area contributed by atoms with E-state index in [0.29, 0.717) is 5.56 Å². The highest BCUT2D eigenvalue weighted by atomic mass is 19.3. The van der Waals surface area contributed by atoms with Crippen molar-refractivity contribution >= 4 is 12.1 Å². The molecule has 0 saturated heterocycles. The van der Waals surface area contributed by atoms with Gasteiger partial charge in [-0.25, -0.2) is 0 Å². The van der Waals surface area contributed by atoms with E-state index in [2.05, 4.69) is 15.2 Å². The summed E-state index contributed by atoms with van der Waals surface area (Å²) in [7, 11) is 1.34. The molecule has 6 nitrogen and oxygen atoms in total. The van der Waals surface area contributed by atoms with Gasteiger partial charge >= 0.3 is 6.61 Å². The molecule has 1 N–H and O–H groups in total. The van der Waals surface area contributed by atoms with Crippen molar-refractivity contribution < 1.29 is 27.9 Å². The number of amides is 1. The monoisotopic (exact) mass is 330 g/mol. The third-order valence-corrected chi connectivity index (χ3v) is 2.90. The van der Waals surface area contributed by atoms with Gasteiger partial charge in [0.1, 0.15) is 0 Å². The Labute approximate surface area is 133 Å². The minimum absolute atomic E-state index is 0.0710. The van der Waals surface area contributed by atoms with Gasteiger partial charge in [0, 0.05) is 11.6 Å². The lowest BCUT2D eigenvalue weighted by Gasteiger charge is -2.10. The first-order valence-corrected chi connectivity index (χ1v) is 7.03. The first-order chi connectivity index (χ1) is 11.0. The average Bonchev–Trinajstić information content (AvgIpc) is 2.52. The number of benzene rings is 1. The molecule has 0 fully saturated rings. The van der Waals surface area contributed by atoms with E-state index in [-0.39, 0.29) is 30.1 Å². The number of nitrogens with zero attached hydrogens (tertiary/aromatic N) is 1. The van der Waals surface area contributed by atoms with Crippen LogP contribution in [0.4, 0.5) is 8.78 Å². The maximum atomic E-state index is 12.2. The Kier molecular flexibility index (Phi) is 7.79. The van der Waals surface area contributed by atoms with E-state index in [4.69, 9.17) is 9.57 Å². The molecule has 0 saturated carbocycles. The molecule has 0 aliphatic rings. The lowest BCUT2D eigenvalue weighted by Crippen LogP contribution is -2.34. The highest BCUT2D eigenvalue weighted by molar-refractivity contribution is 5.81. The summed E-state index contributed by atoms with van der Waals surface area (Å²) in [6.07, 6.45) is 2.16. The van der Waals surface area contributed by atoms with E-state index in [1.54, 1.807) is 0 Å². The van der Waals surface area contributed by atoms with Crippen molar-refractivity contribution in [2.45, 2.75) is 32.9 Å². The molecule has 0 spiro atoms. The van der Waals surface area contributed by atoms with Crippen molar-refractivity contribution in [3.63, 3.8) is 0 Å². The summed E-state index contributed by atoms with van der Waals surface area (Å²) in [5, 5.41) is 6.38. The summed E-state index contributed by atoms with van der Waals surface area (Å²) in [5.74, 6) is -0.202.